The van der Waals surface area contributed by atoms with E-state index in [1.54, 1.807) is 24.3 Å². The average molecular weight is 369 g/mol. The lowest BCUT2D eigenvalue weighted by molar-refractivity contribution is 0.0933. The van der Waals surface area contributed by atoms with Gasteiger partial charge in [0.2, 0.25) is 0 Å². The summed E-state index contributed by atoms with van der Waals surface area (Å²) in [6.45, 7) is 0.418. The second-order valence-corrected chi connectivity index (χ2v) is 5.85. The largest absolute Gasteiger partial charge is 0.454 e. The van der Waals surface area contributed by atoms with E-state index in [2.05, 4.69) is 5.32 Å². The fraction of sp³-hybridized carbons (Fsp3) is 0.278. The molecule has 2 aromatic carbocycles. The molecule has 1 saturated carbocycles. The molecule has 2 aromatic rings. The first-order valence-corrected chi connectivity index (χ1v) is 7.80. The molecule has 0 aliphatic heterocycles. The summed E-state index contributed by atoms with van der Waals surface area (Å²) in [5, 5.41) is 2.92. The van der Waals surface area contributed by atoms with Crippen molar-refractivity contribution in [2.45, 2.75) is 18.9 Å². The molecule has 134 valence electrons. The summed E-state index contributed by atoms with van der Waals surface area (Å²) in [5.41, 5.74) is 6.15. The van der Waals surface area contributed by atoms with Gasteiger partial charge < -0.3 is 15.8 Å². The predicted molar refractivity (Wildman–Crippen MR) is 93.2 cm³/mol. The highest BCUT2D eigenvalue weighted by Crippen LogP contribution is 2.32. The summed E-state index contributed by atoms with van der Waals surface area (Å²) in [5.74, 6) is -0.899. The van der Waals surface area contributed by atoms with Gasteiger partial charge in [0.05, 0.1) is 0 Å². The molecule has 3 rings (SSSR count). The Balaban J connectivity index is 0.00000225. The highest BCUT2D eigenvalue weighted by Gasteiger charge is 2.31. The van der Waals surface area contributed by atoms with Gasteiger partial charge in [0.15, 0.2) is 11.6 Å². The second-order valence-electron chi connectivity index (χ2n) is 5.85. The van der Waals surface area contributed by atoms with E-state index in [-0.39, 0.29) is 30.1 Å². The molecule has 0 bridgehead atoms. The van der Waals surface area contributed by atoms with E-state index in [0.29, 0.717) is 23.8 Å². The highest BCUT2D eigenvalue weighted by molar-refractivity contribution is 5.94. The van der Waals surface area contributed by atoms with E-state index < -0.39 is 11.6 Å². The van der Waals surface area contributed by atoms with Crippen molar-refractivity contribution >= 4 is 18.3 Å². The van der Waals surface area contributed by atoms with Crippen LogP contribution in [-0.4, -0.2) is 18.5 Å². The molecular weight excluding hydrogens is 350 g/mol. The van der Waals surface area contributed by atoms with Crippen molar-refractivity contribution in [2.75, 3.05) is 6.54 Å². The van der Waals surface area contributed by atoms with Crippen LogP contribution in [0.4, 0.5) is 8.78 Å². The maximum atomic E-state index is 13.6. The third kappa shape index (κ3) is 4.90. The molecule has 25 heavy (non-hydrogen) atoms. The van der Waals surface area contributed by atoms with Crippen molar-refractivity contribution in [1.29, 1.82) is 0 Å². The highest BCUT2D eigenvalue weighted by atomic mass is 35.5. The number of halogens is 3. The third-order valence-corrected chi connectivity index (χ3v) is 4.00. The van der Waals surface area contributed by atoms with Crippen LogP contribution in [0.3, 0.4) is 0 Å². The van der Waals surface area contributed by atoms with Crippen LogP contribution in [0, 0.1) is 17.6 Å². The van der Waals surface area contributed by atoms with Crippen LogP contribution in [-0.2, 0) is 0 Å². The van der Waals surface area contributed by atoms with Crippen molar-refractivity contribution in [3.05, 3.63) is 59.7 Å². The standard InChI is InChI=1S/C18H18F2N2O2.ClH/c19-13-5-8-17(15(20)9-13)24-14-6-3-12(4-7-14)18(23)22-16(10-21)11-1-2-11;/h3-9,11,16H,1-2,10,21H2,(H,22,23);1H. The number of hydrogen-bond acceptors (Lipinski definition) is 3. The van der Waals surface area contributed by atoms with Gasteiger partial charge in [0.25, 0.3) is 5.91 Å². The van der Waals surface area contributed by atoms with Crippen LogP contribution in [0.1, 0.15) is 23.2 Å². The lowest BCUT2D eigenvalue weighted by Crippen LogP contribution is -2.41. The number of hydrogen-bond donors (Lipinski definition) is 2. The number of rotatable bonds is 6. The normalized spacial score (nSPS) is 14.4. The molecule has 0 aromatic heterocycles. The van der Waals surface area contributed by atoms with E-state index in [1.165, 1.54) is 6.07 Å². The molecule has 7 heteroatoms. The van der Waals surface area contributed by atoms with Gasteiger partial charge in [-0.05, 0) is 55.2 Å². The number of carbonyl (C=O) groups excluding carboxylic acids is 1. The van der Waals surface area contributed by atoms with Gasteiger partial charge in [-0.1, -0.05) is 0 Å². The Morgan fingerprint density at radius 1 is 1.20 bits per heavy atom. The molecule has 1 aliphatic carbocycles. The van der Waals surface area contributed by atoms with Crippen molar-refractivity contribution in [3.63, 3.8) is 0 Å². The molecular formula is C18H19ClF2N2O2. The fourth-order valence-electron chi connectivity index (χ4n) is 2.48. The van der Waals surface area contributed by atoms with Gasteiger partial charge in [0.1, 0.15) is 11.6 Å². The van der Waals surface area contributed by atoms with Crippen molar-refractivity contribution in [1.82, 2.24) is 5.32 Å². The van der Waals surface area contributed by atoms with Gasteiger partial charge in [-0.2, -0.15) is 0 Å². The molecule has 0 spiro atoms. The Bertz CT molecular complexity index is 736. The van der Waals surface area contributed by atoms with Gasteiger partial charge in [-0.15, -0.1) is 12.4 Å². The Labute approximate surface area is 150 Å². The van der Waals surface area contributed by atoms with Crippen LogP contribution in [0.5, 0.6) is 11.5 Å². The van der Waals surface area contributed by atoms with Crippen LogP contribution < -0.4 is 15.8 Å². The molecule has 1 unspecified atom stereocenters. The number of nitrogens with one attached hydrogen (secondary N) is 1. The van der Waals surface area contributed by atoms with Crippen molar-refractivity contribution in [3.8, 4) is 11.5 Å². The first kappa shape index (κ1) is 19.1. The quantitative estimate of drug-likeness (QED) is 0.818. The van der Waals surface area contributed by atoms with Crippen molar-refractivity contribution in [2.24, 2.45) is 11.7 Å². The Morgan fingerprint density at radius 2 is 1.88 bits per heavy atom. The van der Waals surface area contributed by atoms with Gasteiger partial charge in [0, 0.05) is 24.2 Å². The predicted octanol–water partition coefficient (Wildman–Crippen LogP) is 3.65. The number of ether oxygens (including phenoxy) is 1. The van der Waals surface area contributed by atoms with E-state index in [1.807, 2.05) is 0 Å². The minimum atomic E-state index is -0.785. The van der Waals surface area contributed by atoms with Gasteiger partial charge in [-0.25, -0.2) is 8.78 Å². The Kier molecular flexibility index (Phi) is 6.33. The number of amides is 1. The Morgan fingerprint density at radius 3 is 2.44 bits per heavy atom. The lowest BCUT2D eigenvalue weighted by Gasteiger charge is -2.16. The van der Waals surface area contributed by atoms with Gasteiger partial charge >= 0.3 is 0 Å². The summed E-state index contributed by atoms with van der Waals surface area (Å²) in [7, 11) is 0. The SMILES string of the molecule is Cl.NCC(NC(=O)c1ccc(Oc2ccc(F)cc2F)cc1)C1CC1. The summed E-state index contributed by atoms with van der Waals surface area (Å²) < 4.78 is 31.8. The van der Waals surface area contributed by atoms with Gasteiger partial charge in [-0.3, -0.25) is 4.79 Å². The summed E-state index contributed by atoms with van der Waals surface area (Å²) in [4.78, 5) is 12.2. The summed E-state index contributed by atoms with van der Waals surface area (Å²) in [6, 6.07) is 9.39. The second kappa shape index (κ2) is 8.27. The monoisotopic (exact) mass is 368 g/mol. The van der Waals surface area contributed by atoms with E-state index in [4.69, 9.17) is 10.5 Å². The zero-order valence-electron chi connectivity index (χ0n) is 13.4. The molecule has 3 N–H and O–H groups in total. The summed E-state index contributed by atoms with van der Waals surface area (Å²) in [6.07, 6.45) is 2.19. The molecule has 1 fully saturated rings. The molecule has 1 aliphatic rings. The number of nitrogens with two attached hydrogens (primary N) is 1. The maximum Gasteiger partial charge on any atom is 0.251 e. The minimum Gasteiger partial charge on any atom is -0.454 e. The van der Waals surface area contributed by atoms with Crippen LogP contribution in [0.25, 0.3) is 0 Å². The number of carbonyl (C=O) groups is 1. The van der Waals surface area contributed by atoms with Crippen LogP contribution >= 0.6 is 12.4 Å². The lowest BCUT2D eigenvalue weighted by atomic mass is 10.1. The minimum absolute atomic E-state index is 0. The maximum absolute atomic E-state index is 13.6. The molecule has 0 saturated heterocycles. The molecule has 1 atom stereocenters. The van der Waals surface area contributed by atoms with Crippen LogP contribution in [0.2, 0.25) is 0 Å². The average Bonchev–Trinajstić information content (AvgIpc) is 3.40. The third-order valence-electron chi connectivity index (χ3n) is 4.00. The fourth-order valence-corrected chi connectivity index (χ4v) is 2.48. The zero-order valence-corrected chi connectivity index (χ0v) is 14.2. The van der Waals surface area contributed by atoms with E-state index in [0.717, 1.165) is 25.0 Å². The topological polar surface area (TPSA) is 64.3 Å². The Hall–Kier alpha value is -2.18. The number of benzene rings is 2. The molecule has 4 nitrogen and oxygen atoms in total. The van der Waals surface area contributed by atoms with Crippen molar-refractivity contribution < 1.29 is 18.3 Å². The van der Waals surface area contributed by atoms with Crippen LogP contribution in [0.15, 0.2) is 42.5 Å². The summed E-state index contributed by atoms with van der Waals surface area (Å²) >= 11 is 0. The molecule has 0 heterocycles. The first-order valence-electron chi connectivity index (χ1n) is 7.80. The first-order chi connectivity index (χ1) is 11.6. The van der Waals surface area contributed by atoms with E-state index >= 15 is 0 Å². The molecule has 0 radical (unpaired) electrons. The molecule has 1 amide bonds. The van der Waals surface area contributed by atoms with E-state index in [9.17, 15) is 13.6 Å². The smallest absolute Gasteiger partial charge is 0.251 e. The zero-order chi connectivity index (χ0) is 17.1.